The van der Waals surface area contributed by atoms with E-state index in [4.69, 9.17) is 0 Å². The van der Waals surface area contributed by atoms with Crippen molar-refractivity contribution < 1.29 is 18.0 Å². The maximum atomic E-state index is 12.4. The second-order valence-corrected chi connectivity index (χ2v) is 4.33. The van der Waals surface area contributed by atoms with E-state index in [1.807, 2.05) is 13.8 Å². The molecule has 0 bridgehead atoms. The molecule has 0 saturated heterocycles. The normalized spacial score (nSPS) is 11.5. The third-order valence-electron chi connectivity index (χ3n) is 2.20. The van der Waals surface area contributed by atoms with Crippen molar-refractivity contribution in [1.29, 1.82) is 0 Å². The Bertz CT molecular complexity index is 432. The largest absolute Gasteiger partial charge is 0.416 e. The number of carbonyl (C=O) groups excluding carboxylic acids is 1. The minimum atomic E-state index is -4.39. The number of carbonyl (C=O) groups is 1. The topological polar surface area (TPSA) is 54.0 Å². The molecule has 0 aromatic carbocycles. The van der Waals surface area contributed by atoms with Gasteiger partial charge < -0.3 is 10.6 Å². The van der Waals surface area contributed by atoms with Gasteiger partial charge >= 0.3 is 6.18 Å². The Morgan fingerprint density at radius 3 is 2.68 bits per heavy atom. The standard InChI is InChI=1S/C12H16F3N3O/c1-8(2)18-11(19)4-6-17-10-7-9(3-5-16-10)12(13,14)15/h3,5,7-8H,4,6H2,1-2H3,(H,16,17)(H,18,19). The van der Waals surface area contributed by atoms with E-state index < -0.39 is 11.7 Å². The van der Waals surface area contributed by atoms with Gasteiger partial charge in [-0.2, -0.15) is 13.2 Å². The van der Waals surface area contributed by atoms with Gasteiger partial charge in [-0.15, -0.1) is 0 Å². The van der Waals surface area contributed by atoms with Gasteiger partial charge in [-0.05, 0) is 26.0 Å². The molecule has 1 aromatic heterocycles. The molecular weight excluding hydrogens is 259 g/mol. The summed E-state index contributed by atoms with van der Waals surface area (Å²) in [6.45, 7) is 3.90. The van der Waals surface area contributed by atoms with Gasteiger partial charge in [0.25, 0.3) is 0 Å². The predicted molar refractivity (Wildman–Crippen MR) is 65.6 cm³/mol. The molecule has 4 nitrogen and oxygen atoms in total. The monoisotopic (exact) mass is 275 g/mol. The molecule has 0 unspecified atom stereocenters. The lowest BCUT2D eigenvalue weighted by Crippen LogP contribution is -2.31. The summed E-state index contributed by atoms with van der Waals surface area (Å²) in [5.74, 6) is -0.0540. The van der Waals surface area contributed by atoms with Crippen molar-refractivity contribution in [3.05, 3.63) is 23.9 Å². The molecule has 0 atom stereocenters. The second-order valence-electron chi connectivity index (χ2n) is 4.33. The lowest BCUT2D eigenvalue weighted by atomic mass is 10.2. The number of nitrogens with one attached hydrogen (secondary N) is 2. The zero-order valence-electron chi connectivity index (χ0n) is 10.7. The molecule has 0 aliphatic rings. The number of hydrogen-bond acceptors (Lipinski definition) is 3. The first-order valence-electron chi connectivity index (χ1n) is 5.85. The second kappa shape index (κ2) is 6.40. The molecule has 2 N–H and O–H groups in total. The van der Waals surface area contributed by atoms with Gasteiger partial charge in [-0.3, -0.25) is 4.79 Å². The highest BCUT2D eigenvalue weighted by molar-refractivity contribution is 5.76. The lowest BCUT2D eigenvalue weighted by molar-refractivity contribution is -0.137. The van der Waals surface area contributed by atoms with Crippen LogP contribution >= 0.6 is 0 Å². The number of halogens is 3. The summed E-state index contributed by atoms with van der Waals surface area (Å²) >= 11 is 0. The number of nitrogens with zero attached hydrogens (tertiary/aromatic N) is 1. The summed E-state index contributed by atoms with van der Waals surface area (Å²) < 4.78 is 37.3. The molecule has 0 radical (unpaired) electrons. The summed E-state index contributed by atoms with van der Waals surface area (Å²) in [6, 6.07) is 1.86. The van der Waals surface area contributed by atoms with Crippen LogP contribution in [0, 0.1) is 0 Å². The van der Waals surface area contributed by atoms with Crippen LogP contribution in [0.4, 0.5) is 19.0 Å². The van der Waals surface area contributed by atoms with Gasteiger partial charge in [0.05, 0.1) is 5.56 Å². The van der Waals surface area contributed by atoms with Crippen LogP contribution in [-0.4, -0.2) is 23.5 Å². The van der Waals surface area contributed by atoms with Gasteiger partial charge in [0.15, 0.2) is 0 Å². The van der Waals surface area contributed by atoms with Gasteiger partial charge in [0.1, 0.15) is 5.82 Å². The SMILES string of the molecule is CC(C)NC(=O)CCNc1cc(C(F)(F)F)ccn1. The molecule has 0 saturated carbocycles. The van der Waals surface area contributed by atoms with E-state index in [1.54, 1.807) is 0 Å². The van der Waals surface area contributed by atoms with E-state index in [9.17, 15) is 18.0 Å². The van der Waals surface area contributed by atoms with Crippen LogP contribution in [-0.2, 0) is 11.0 Å². The van der Waals surface area contributed by atoms with Crippen molar-refractivity contribution in [3.63, 3.8) is 0 Å². The quantitative estimate of drug-likeness (QED) is 0.867. The van der Waals surface area contributed by atoms with Gasteiger partial charge in [0.2, 0.25) is 5.91 Å². The fraction of sp³-hybridized carbons (Fsp3) is 0.500. The van der Waals surface area contributed by atoms with Crippen molar-refractivity contribution >= 4 is 11.7 Å². The number of hydrogen-bond donors (Lipinski definition) is 2. The third-order valence-corrected chi connectivity index (χ3v) is 2.20. The van der Waals surface area contributed by atoms with E-state index in [0.717, 1.165) is 18.3 Å². The number of pyridine rings is 1. The number of anilines is 1. The highest BCUT2D eigenvalue weighted by Gasteiger charge is 2.30. The van der Waals surface area contributed by atoms with Gasteiger partial charge in [0, 0.05) is 25.2 Å². The van der Waals surface area contributed by atoms with Crippen LogP contribution in [0.25, 0.3) is 0 Å². The van der Waals surface area contributed by atoms with Crippen LogP contribution in [0.15, 0.2) is 18.3 Å². The number of amides is 1. The highest BCUT2D eigenvalue weighted by Crippen LogP contribution is 2.29. The Morgan fingerprint density at radius 2 is 2.11 bits per heavy atom. The van der Waals surface area contributed by atoms with Crippen LogP contribution < -0.4 is 10.6 Å². The molecule has 0 spiro atoms. The summed E-state index contributed by atoms with van der Waals surface area (Å²) in [6.07, 6.45) is -3.14. The van der Waals surface area contributed by atoms with Crippen LogP contribution in [0.5, 0.6) is 0 Å². The summed E-state index contributed by atoms with van der Waals surface area (Å²) in [5.41, 5.74) is -0.767. The minimum Gasteiger partial charge on any atom is -0.370 e. The van der Waals surface area contributed by atoms with Crippen molar-refractivity contribution in [2.24, 2.45) is 0 Å². The summed E-state index contributed by atoms with van der Waals surface area (Å²) in [7, 11) is 0. The Hall–Kier alpha value is -1.79. The Morgan fingerprint density at radius 1 is 1.42 bits per heavy atom. The maximum absolute atomic E-state index is 12.4. The molecular formula is C12H16F3N3O. The van der Waals surface area contributed by atoms with E-state index >= 15 is 0 Å². The molecule has 19 heavy (non-hydrogen) atoms. The lowest BCUT2D eigenvalue weighted by Gasteiger charge is -2.10. The first kappa shape index (κ1) is 15.3. The van der Waals surface area contributed by atoms with Crippen molar-refractivity contribution in [1.82, 2.24) is 10.3 Å². The molecule has 0 aliphatic heterocycles. The van der Waals surface area contributed by atoms with Gasteiger partial charge in [-0.25, -0.2) is 4.98 Å². The first-order valence-corrected chi connectivity index (χ1v) is 5.85. The predicted octanol–water partition coefficient (Wildman–Crippen LogP) is 2.43. The Kier molecular flexibility index (Phi) is 5.14. The fourth-order valence-corrected chi connectivity index (χ4v) is 1.40. The Balaban J connectivity index is 2.48. The van der Waals surface area contributed by atoms with E-state index in [0.29, 0.717) is 0 Å². The van der Waals surface area contributed by atoms with Crippen molar-refractivity contribution in [3.8, 4) is 0 Å². The smallest absolute Gasteiger partial charge is 0.370 e. The van der Waals surface area contributed by atoms with Crippen LogP contribution in [0.1, 0.15) is 25.8 Å². The minimum absolute atomic E-state index is 0.0409. The number of rotatable bonds is 5. The molecule has 7 heteroatoms. The summed E-state index contributed by atoms with van der Waals surface area (Å²) in [5, 5.41) is 5.37. The number of aromatic nitrogens is 1. The van der Waals surface area contributed by atoms with Crippen molar-refractivity contribution in [2.75, 3.05) is 11.9 Å². The zero-order valence-corrected chi connectivity index (χ0v) is 10.7. The number of alkyl halides is 3. The fourth-order valence-electron chi connectivity index (χ4n) is 1.40. The third kappa shape index (κ3) is 5.58. The highest BCUT2D eigenvalue weighted by atomic mass is 19.4. The average molecular weight is 275 g/mol. The van der Waals surface area contributed by atoms with Crippen LogP contribution in [0.2, 0.25) is 0 Å². The maximum Gasteiger partial charge on any atom is 0.416 e. The zero-order chi connectivity index (χ0) is 14.5. The van der Waals surface area contributed by atoms with E-state index in [2.05, 4.69) is 15.6 Å². The van der Waals surface area contributed by atoms with Gasteiger partial charge in [-0.1, -0.05) is 0 Å². The molecule has 0 fully saturated rings. The Labute approximate surface area is 109 Å². The summed E-state index contributed by atoms with van der Waals surface area (Å²) in [4.78, 5) is 15.1. The molecule has 1 rings (SSSR count). The molecule has 1 amide bonds. The average Bonchev–Trinajstić information content (AvgIpc) is 2.27. The van der Waals surface area contributed by atoms with E-state index in [1.165, 1.54) is 0 Å². The van der Waals surface area contributed by atoms with Crippen LogP contribution in [0.3, 0.4) is 0 Å². The molecule has 1 aromatic rings. The molecule has 0 aliphatic carbocycles. The molecule has 106 valence electrons. The van der Waals surface area contributed by atoms with Crippen molar-refractivity contribution in [2.45, 2.75) is 32.5 Å². The first-order chi connectivity index (χ1) is 8.79. The molecule has 1 heterocycles. The van der Waals surface area contributed by atoms with E-state index in [-0.39, 0.29) is 30.7 Å².